The summed E-state index contributed by atoms with van der Waals surface area (Å²) in [5.41, 5.74) is 1.84. The van der Waals surface area contributed by atoms with Crippen molar-refractivity contribution in [1.82, 2.24) is 9.55 Å². The van der Waals surface area contributed by atoms with Gasteiger partial charge in [0.1, 0.15) is 11.9 Å². The van der Waals surface area contributed by atoms with Crippen molar-refractivity contribution in [3.05, 3.63) is 82.4 Å². The Kier molecular flexibility index (Phi) is 5.41. The predicted molar refractivity (Wildman–Crippen MR) is 94.3 cm³/mol. The maximum atomic E-state index is 9.56. The quantitative estimate of drug-likeness (QED) is 0.681. The number of halogens is 2. The number of phenols is 1. The first-order valence-electron chi connectivity index (χ1n) is 7.42. The van der Waals surface area contributed by atoms with Crippen LogP contribution in [-0.4, -0.2) is 14.7 Å². The lowest BCUT2D eigenvalue weighted by Crippen LogP contribution is -2.12. The van der Waals surface area contributed by atoms with Gasteiger partial charge in [0.15, 0.2) is 0 Å². The topological polar surface area (TPSA) is 47.3 Å². The maximum absolute atomic E-state index is 9.56. The third-order valence-electron chi connectivity index (χ3n) is 3.63. The van der Waals surface area contributed by atoms with Crippen LogP contribution in [0.5, 0.6) is 5.75 Å². The molecule has 0 aliphatic heterocycles. The van der Waals surface area contributed by atoms with Crippen LogP contribution in [0.3, 0.4) is 0 Å². The highest BCUT2D eigenvalue weighted by molar-refractivity contribution is 6.31. The molecular weight excluding hydrogens is 347 g/mol. The van der Waals surface area contributed by atoms with E-state index in [-0.39, 0.29) is 11.9 Å². The molecule has 0 saturated heterocycles. The van der Waals surface area contributed by atoms with Crippen LogP contribution < -0.4 is 0 Å². The Labute approximate surface area is 150 Å². The van der Waals surface area contributed by atoms with Gasteiger partial charge in [0.05, 0.1) is 24.5 Å². The van der Waals surface area contributed by atoms with E-state index < -0.39 is 0 Å². The van der Waals surface area contributed by atoms with Gasteiger partial charge in [-0.2, -0.15) is 0 Å². The average molecular weight is 363 g/mol. The number of aromatic hydroxyl groups is 1. The summed E-state index contributed by atoms with van der Waals surface area (Å²) in [7, 11) is 0. The highest BCUT2D eigenvalue weighted by Crippen LogP contribution is 2.30. The molecule has 0 fully saturated rings. The van der Waals surface area contributed by atoms with Crippen LogP contribution in [0.2, 0.25) is 10.0 Å². The van der Waals surface area contributed by atoms with Crippen molar-refractivity contribution in [2.45, 2.75) is 19.3 Å². The molecule has 0 radical (unpaired) electrons. The molecule has 3 rings (SSSR count). The van der Waals surface area contributed by atoms with Crippen molar-refractivity contribution in [2.75, 3.05) is 0 Å². The van der Waals surface area contributed by atoms with Gasteiger partial charge >= 0.3 is 0 Å². The van der Waals surface area contributed by atoms with E-state index in [1.807, 2.05) is 35.0 Å². The van der Waals surface area contributed by atoms with Crippen molar-refractivity contribution in [3.8, 4) is 5.75 Å². The molecule has 0 saturated carbocycles. The van der Waals surface area contributed by atoms with Crippen LogP contribution in [0.25, 0.3) is 0 Å². The van der Waals surface area contributed by atoms with E-state index in [1.54, 1.807) is 24.7 Å². The number of phenolic OH excluding ortho intramolecular Hbond substituents is 1. The minimum atomic E-state index is -0.275. The van der Waals surface area contributed by atoms with Crippen molar-refractivity contribution in [1.29, 1.82) is 0 Å². The van der Waals surface area contributed by atoms with Crippen LogP contribution in [0.1, 0.15) is 17.2 Å². The zero-order chi connectivity index (χ0) is 16.9. The molecule has 0 spiro atoms. The number of hydrogen-bond acceptors (Lipinski definition) is 3. The number of ether oxygens (including phenoxy) is 1. The zero-order valence-corrected chi connectivity index (χ0v) is 14.3. The molecule has 0 bridgehead atoms. The predicted octanol–water partition coefficient (Wildman–Crippen LogP) is 4.85. The Bertz CT molecular complexity index is 789. The summed E-state index contributed by atoms with van der Waals surface area (Å²) < 4.78 is 8.02. The zero-order valence-electron chi connectivity index (χ0n) is 12.8. The lowest BCUT2D eigenvalue weighted by Gasteiger charge is -2.20. The SMILES string of the molecule is Oc1ccc(C(Cn2ccnc2)OCc2ccc(Cl)cc2)c(Cl)c1. The van der Waals surface area contributed by atoms with E-state index in [4.69, 9.17) is 27.9 Å². The fourth-order valence-corrected chi connectivity index (χ4v) is 2.80. The summed E-state index contributed by atoms with van der Waals surface area (Å²) in [6.45, 7) is 0.992. The second-order valence-electron chi connectivity index (χ2n) is 5.39. The summed E-state index contributed by atoms with van der Waals surface area (Å²) in [6.07, 6.45) is 5.04. The Morgan fingerprint density at radius 1 is 1.12 bits per heavy atom. The monoisotopic (exact) mass is 362 g/mol. The van der Waals surface area contributed by atoms with E-state index >= 15 is 0 Å². The van der Waals surface area contributed by atoms with Crippen molar-refractivity contribution in [2.24, 2.45) is 0 Å². The molecule has 1 N–H and O–H groups in total. The van der Waals surface area contributed by atoms with Crippen molar-refractivity contribution < 1.29 is 9.84 Å². The summed E-state index contributed by atoms with van der Waals surface area (Å²) >= 11 is 12.2. The fourth-order valence-electron chi connectivity index (χ4n) is 2.38. The van der Waals surface area contributed by atoms with Crippen molar-refractivity contribution >= 4 is 23.2 Å². The molecule has 1 atom stereocenters. The smallest absolute Gasteiger partial charge is 0.117 e. The minimum absolute atomic E-state index is 0.128. The molecule has 3 aromatic rings. The van der Waals surface area contributed by atoms with Gasteiger partial charge in [-0.15, -0.1) is 0 Å². The van der Waals surface area contributed by atoms with Gasteiger partial charge in [-0.25, -0.2) is 4.98 Å². The average Bonchev–Trinajstić information content (AvgIpc) is 3.06. The largest absolute Gasteiger partial charge is 0.508 e. The van der Waals surface area contributed by atoms with Crippen LogP contribution in [0.15, 0.2) is 61.2 Å². The molecular formula is C18H16Cl2N2O2. The molecule has 1 unspecified atom stereocenters. The van der Waals surface area contributed by atoms with Gasteiger partial charge in [0, 0.05) is 23.0 Å². The maximum Gasteiger partial charge on any atom is 0.117 e. The lowest BCUT2D eigenvalue weighted by molar-refractivity contribution is 0.0280. The van der Waals surface area contributed by atoms with Gasteiger partial charge in [-0.3, -0.25) is 0 Å². The van der Waals surface area contributed by atoms with Gasteiger partial charge in [-0.1, -0.05) is 41.4 Å². The highest BCUT2D eigenvalue weighted by atomic mass is 35.5. The fraction of sp³-hybridized carbons (Fsp3) is 0.167. The first-order valence-corrected chi connectivity index (χ1v) is 8.17. The van der Waals surface area contributed by atoms with Crippen LogP contribution in [0, 0.1) is 0 Å². The third kappa shape index (κ3) is 4.29. The number of nitrogens with zero attached hydrogens (tertiary/aromatic N) is 2. The van der Waals surface area contributed by atoms with Crippen LogP contribution in [-0.2, 0) is 17.9 Å². The summed E-state index contributed by atoms with van der Waals surface area (Å²) in [4.78, 5) is 4.05. The number of imidazole rings is 1. The van der Waals surface area contributed by atoms with Gasteiger partial charge in [-0.05, 0) is 29.8 Å². The summed E-state index contributed by atoms with van der Waals surface area (Å²) in [6, 6.07) is 12.4. The molecule has 4 nitrogen and oxygen atoms in total. The lowest BCUT2D eigenvalue weighted by atomic mass is 10.1. The van der Waals surface area contributed by atoms with Gasteiger partial charge in [0.25, 0.3) is 0 Å². The first kappa shape index (κ1) is 16.8. The Morgan fingerprint density at radius 2 is 1.92 bits per heavy atom. The van der Waals surface area contributed by atoms with E-state index in [2.05, 4.69) is 4.98 Å². The first-order chi connectivity index (χ1) is 11.6. The molecule has 24 heavy (non-hydrogen) atoms. The van der Waals surface area contributed by atoms with E-state index in [1.165, 1.54) is 6.07 Å². The summed E-state index contributed by atoms with van der Waals surface area (Å²) in [5, 5.41) is 10.7. The Morgan fingerprint density at radius 3 is 2.58 bits per heavy atom. The number of benzene rings is 2. The van der Waals surface area contributed by atoms with Gasteiger partial charge < -0.3 is 14.4 Å². The summed E-state index contributed by atoms with van der Waals surface area (Å²) in [5.74, 6) is 0.128. The molecule has 2 aromatic carbocycles. The molecule has 0 aliphatic carbocycles. The van der Waals surface area contributed by atoms with Crippen LogP contribution >= 0.6 is 23.2 Å². The van der Waals surface area contributed by atoms with Gasteiger partial charge in [0.2, 0.25) is 0 Å². The number of aromatic nitrogens is 2. The molecule has 0 aliphatic rings. The molecule has 124 valence electrons. The molecule has 0 amide bonds. The van der Waals surface area contributed by atoms with Crippen LogP contribution in [0.4, 0.5) is 0 Å². The second kappa shape index (κ2) is 7.71. The van der Waals surface area contributed by atoms with E-state index in [9.17, 15) is 5.11 Å². The molecule has 1 aromatic heterocycles. The molecule has 6 heteroatoms. The molecule has 1 heterocycles. The minimum Gasteiger partial charge on any atom is -0.508 e. The standard InChI is InChI=1S/C18H16Cl2N2O2/c19-14-3-1-13(2-4-14)11-24-18(10-22-8-7-21-12-22)16-6-5-15(23)9-17(16)20/h1-9,12,18,23H,10-11H2. The second-order valence-corrected chi connectivity index (χ2v) is 6.24. The normalized spacial score (nSPS) is 12.2. The van der Waals surface area contributed by atoms with Crippen molar-refractivity contribution in [3.63, 3.8) is 0 Å². The Balaban J connectivity index is 1.80. The number of hydrogen-bond donors (Lipinski definition) is 1. The number of rotatable bonds is 6. The third-order valence-corrected chi connectivity index (χ3v) is 4.21. The highest BCUT2D eigenvalue weighted by Gasteiger charge is 2.17. The van der Waals surface area contributed by atoms with E-state index in [0.717, 1.165) is 11.1 Å². The van der Waals surface area contributed by atoms with E-state index in [0.29, 0.717) is 23.2 Å². The Hall–Kier alpha value is -2.01.